The minimum Gasteiger partial charge on any atom is -0.324 e. The zero-order chi connectivity index (χ0) is 25.4. The second kappa shape index (κ2) is 9.03. The van der Waals surface area contributed by atoms with E-state index in [1.807, 2.05) is 0 Å². The van der Waals surface area contributed by atoms with E-state index in [-0.39, 0.29) is 30.5 Å². The molecule has 16 heteroatoms. The highest BCUT2D eigenvalue weighted by molar-refractivity contribution is 6.34. The van der Waals surface area contributed by atoms with Gasteiger partial charge in [-0.15, -0.1) is 10.2 Å². The Kier molecular flexibility index (Phi) is 5.73. The number of non-ortho nitro benzene ring substituents is 1. The summed E-state index contributed by atoms with van der Waals surface area (Å²) in [7, 11) is 1.77. The van der Waals surface area contributed by atoms with Crippen molar-refractivity contribution < 1.29 is 4.92 Å². The molecule has 0 saturated heterocycles. The molecule has 0 radical (unpaired) electrons. The number of anilines is 2. The average Bonchev–Trinajstić information content (AvgIpc) is 3.48. The van der Waals surface area contributed by atoms with Crippen molar-refractivity contribution in [2.45, 2.75) is 13.1 Å². The van der Waals surface area contributed by atoms with Gasteiger partial charge in [0.15, 0.2) is 5.82 Å². The number of nitro groups is 1. The SMILES string of the molecule is Cn1cc2cc(Nc3nc(=O)n(Cc4nn[nH]n4)c(=O)n3Cc3ccc([N+](=O)[O-])cc3)c(Cl)cc2n1. The fraction of sp³-hybridized carbons (Fsp3) is 0.150. The number of nitro benzene ring substituents is 1. The minimum atomic E-state index is -0.842. The van der Waals surface area contributed by atoms with Gasteiger partial charge in [0, 0.05) is 30.8 Å². The maximum absolute atomic E-state index is 13.4. The van der Waals surface area contributed by atoms with E-state index in [1.54, 1.807) is 30.1 Å². The number of hydrogen-bond acceptors (Lipinski definition) is 10. The van der Waals surface area contributed by atoms with Gasteiger partial charge in [0.1, 0.15) is 0 Å². The molecule has 0 aliphatic heterocycles. The number of hydrogen-bond donors (Lipinski definition) is 2. The number of nitrogens with one attached hydrogen (secondary N) is 2. The van der Waals surface area contributed by atoms with Gasteiger partial charge in [0.25, 0.3) is 5.69 Å². The first-order valence-electron chi connectivity index (χ1n) is 10.4. The van der Waals surface area contributed by atoms with Crippen molar-refractivity contribution in [3.05, 3.63) is 90.1 Å². The largest absolute Gasteiger partial charge is 0.355 e. The number of tetrazole rings is 1. The first kappa shape index (κ1) is 22.9. The van der Waals surface area contributed by atoms with Crippen LogP contribution in [0.2, 0.25) is 5.02 Å². The van der Waals surface area contributed by atoms with Gasteiger partial charge < -0.3 is 5.32 Å². The molecule has 0 aliphatic rings. The molecular formula is C20H16ClN11O4. The Hall–Kier alpha value is -4.92. The quantitative estimate of drug-likeness (QED) is 0.238. The van der Waals surface area contributed by atoms with E-state index >= 15 is 0 Å². The third kappa shape index (κ3) is 4.41. The van der Waals surface area contributed by atoms with E-state index in [1.165, 1.54) is 28.8 Å². The number of aromatic amines is 1. The molecule has 0 unspecified atom stereocenters. The van der Waals surface area contributed by atoms with E-state index in [0.29, 0.717) is 21.8 Å². The van der Waals surface area contributed by atoms with Gasteiger partial charge in [-0.25, -0.2) is 14.2 Å². The molecule has 0 spiro atoms. The molecule has 182 valence electrons. The van der Waals surface area contributed by atoms with Crippen LogP contribution in [-0.2, 0) is 20.1 Å². The second-order valence-corrected chi connectivity index (χ2v) is 8.15. The Bertz CT molecular complexity index is 1710. The highest BCUT2D eigenvalue weighted by atomic mass is 35.5. The van der Waals surface area contributed by atoms with Crippen LogP contribution in [0, 0.1) is 10.1 Å². The maximum Gasteiger partial charge on any atom is 0.355 e. The summed E-state index contributed by atoms with van der Waals surface area (Å²) >= 11 is 6.43. The normalized spacial score (nSPS) is 11.2. The van der Waals surface area contributed by atoms with Gasteiger partial charge in [0.05, 0.1) is 34.2 Å². The standard InChI is InChI=1S/C20H16ClN11O4/c1-29-9-12-6-16(14(21)7-15(12)26-29)22-18-23-19(33)31(10-17-24-27-28-25-17)20(34)30(18)8-11-2-4-13(5-3-11)32(35)36/h2-7,9H,8,10H2,1H3,(H,22,23,33)(H,24,25,27,28). The van der Waals surface area contributed by atoms with Crippen LogP contribution in [-0.4, -0.2) is 49.4 Å². The summed E-state index contributed by atoms with van der Waals surface area (Å²) in [6, 6.07) is 9.04. The number of aryl methyl sites for hydroxylation is 1. The lowest BCUT2D eigenvalue weighted by Crippen LogP contribution is -2.43. The average molecular weight is 510 g/mol. The summed E-state index contributed by atoms with van der Waals surface area (Å²) in [5.41, 5.74) is -0.0194. The van der Waals surface area contributed by atoms with Gasteiger partial charge in [-0.1, -0.05) is 28.9 Å². The molecule has 36 heavy (non-hydrogen) atoms. The van der Waals surface area contributed by atoms with Crippen molar-refractivity contribution in [2.24, 2.45) is 7.05 Å². The number of nitrogens with zero attached hydrogens (tertiary/aromatic N) is 9. The molecular weight excluding hydrogens is 494 g/mol. The monoisotopic (exact) mass is 509 g/mol. The number of fused-ring (bicyclic) bond motifs is 1. The molecule has 0 amide bonds. The fourth-order valence-corrected chi connectivity index (χ4v) is 3.79. The molecule has 15 nitrogen and oxygen atoms in total. The zero-order valence-electron chi connectivity index (χ0n) is 18.5. The summed E-state index contributed by atoms with van der Waals surface area (Å²) in [5, 5.41) is 32.6. The van der Waals surface area contributed by atoms with Crippen molar-refractivity contribution >= 4 is 39.8 Å². The number of aromatic nitrogens is 9. The van der Waals surface area contributed by atoms with Crippen molar-refractivity contribution in [1.29, 1.82) is 0 Å². The summed E-state index contributed by atoms with van der Waals surface area (Å²) in [6.07, 6.45) is 1.79. The third-order valence-corrected chi connectivity index (χ3v) is 5.59. The molecule has 5 aromatic rings. The molecule has 3 heterocycles. The van der Waals surface area contributed by atoms with Crippen molar-refractivity contribution in [2.75, 3.05) is 5.32 Å². The maximum atomic E-state index is 13.4. The Morgan fingerprint density at radius 3 is 2.61 bits per heavy atom. The van der Waals surface area contributed by atoms with Crippen molar-refractivity contribution in [3.8, 4) is 0 Å². The molecule has 2 N–H and O–H groups in total. The number of H-pyrrole nitrogens is 1. The van der Waals surface area contributed by atoms with E-state index in [2.05, 4.69) is 36.0 Å². The number of halogens is 1. The van der Waals surface area contributed by atoms with E-state index in [0.717, 1.165) is 9.95 Å². The highest BCUT2D eigenvalue weighted by Gasteiger charge is 2.17. The van der Waals surface area contributed by atoms with Crippen LogP contribution in [0.15, 0.2) is 52.2 Å². The molecule has 0 fully saturated rings. The topological polar surface area (TPSA) is 184 Å². The molecule has 0 aliphatic carbocycles. The summed E-state index contributed by atoms with van der Waals surface area (Å²) in [6.45, 7) is -0.310. The Balaban J connectivity index is 1.60. The van der Waals surface area contributed by atoms with Crippen LogP contribution < -0.4 is 16.7 Å². The van der Waals surface area contributed by atoms with Crippen LogP contribution in [0.1, 0.15) is 11.4 Å². The smallest absolute Gasteiger partial charge is 0.324 e. The Morgan fingerprint density at radius 2 is 1.92 bits per heavy atom. The first-order valence-corrected chi connectivity index (χ1v) is 10.7. The predicted molar refractivity (Wildman–Crippen MR) is 127 cm³/mol. The van der Waals surface area contributed by atoms with Crippen molar-refractivity contribution in [1.82, 2.24) is 44.5 Å². The van der Waals surface area contributed by atoms with E-state index in [4.69, 9.17) is 11.6 Å². The second-order valence-electron chi connectivity index (χ2n) is 7.74. The Morgan fingerprint density at radius 1 is 1.14 bits per heavy atom. The lowest BCUT2D eigenvalue weighted by molar-refractivity contribution is -0.384. The van der Waals surface area contributed by atoms with Crippen LogP contribution in [0.5, 0.6) is 0 Å². The lowest BCUT2D eigenvalue weighted by atomic mass is 10.2. The van der Waals surface area contributed by atoms with E-state index < -0.39 is 16.3 Å². The van der Waals surface area contributed by atoms with Crippen LogP contribution in [0.4, 0.5) is 17.3 Å². The number of rotatable bonds is 7. The molecule has 5 rings (SSSR count). The molecule has 0 bridgehead atoms. The van der Waals surface area contributed by atoms with Gasteiger partial charge >= 0.3 is 11.4 Å². The molecule has 2 aromatic carbocycles. The van der Waals surface area contributed by atoms with Crippen molar-refractivity contribution in [3.63, 3.8) is 0 Å². The summed E-state index contributed by atoms with van der Waals surface area (Å²) in [5.74, 6) is 0.0431. The van der Waals surface area contributed by atoms with E-state index in [9.17, 15) is 19.7 Å². The number of benzene rings is 2. The van der Waals surface area contributed by atoms with Gasteiger partial charge in [0.2, 0.25) is 5.95 Å². The molecule has 0 atom stereocenters. The zero-order valence-corrected chi connectivity index (χ0v) is 19.2. The minimum absolute atomic E-state index is 0.0502. The highest BCUT2D eigenvalue weighted by Crippen LogP contribution is 2.29. The summed E-state index contributed by atoms with van der Waals surface area (Å²) in [4.78, 5) is 40.7. The molecule has 0 saturated carbocycles. The van der Waals surface area contributed by atoms with Gasteiger partial charge in [-0.05, 0) is 17.7 Å². The lowest BCUT2D eigenvalue weighted by Gasteiger charge is -2.16. The van der Waals surface area contributed by atoms with Gasteiger partial charge in [-0.3, -0.25) is 19.4 Å². The van der Waals surface area contributed by atoms with Crippen LogP contribution >= 0.6 is 11.6 Å². The predicted octanol–water partition coefficient (Wildman–Crippen LogP) is 1.21. The summed E-state index contributed by atoms with van der Waals surface area (Å²) < 4.78 is 3.70. The van der Waals surface area contributed by atoms with Crippen LogP contribution in [0.25, 0.3) is 10.9 Å². The Labute approximate surface area is 205 Å². The molecule has 3 aromatic heterocycles. The first-order chi connectivity index (χ1) is 17.3. The third-order valence-electron chi connectivity index (χ3n) is 5.28. The fourth-order valence-electron chi connectivity index (χ4n) is 3.59. The van der Waals surface area contributed by atoms with Gasteiger partial charge in [-0.2, -0.15) is 15.3 Å². The van der Waals surface area contributed by atoms with Crippen LogP contribution in [0.3, 0.4) is 0 Å².